The van der Waals surface area contributed by atoms with Crippen molar-refractivity contribution in [1.29, 1.82) is 0 Å². The molecule has 0 saturated heterocycles. The summed E-state index contributed by atoms with van der Waals surface area (Å²) in [6.07, 6.45) is 1.28. The minimum absolute atomic E-state index is 0.141. The molecule has 1 amide bonds. The average Bonchev–Trinajstić information content (AvgIpc) is 2.98. The van der Waals surface area contributed by atoms with E-state index in [1.807, 2.05) is 0 Å². The second kappa shape index (κ2) is 6.64. The van der Waals surface area contributed by atoms with Crippen LogP contribution < -0.4 is 5.32 Å². The highest BCUT2D eigenvalue weighted by Gasteiger charge is 2.35. The van der Waals surface area contributed by atoms with Gasteiger partial charge in [0.2, 0.25) is 5.92 Å². The van der Waals surface area contributed by atoms with E-state index >= 15 is 0 Å². The molecule has 0 atom stereocenters. The van der Waals surface area contributed by atoms with E-state index in [-0.39, 0.29) is 37.4 Å². The SMILES string of the molecule is O=C(NC1CCC(F)(F)CC1)c1cnnn1-c1c(Cl)cccc1Cl. The van der Waals surface area contributed by atoms with Gasteiger partial charge >= 0.3 is 0 Å². The number of para-hydroxylation sites is 1. The van der Waals surface area contributed by atoms with Crippen molar-refractivity contribution >= 4 is 29.1 Å². The third kappa shape index (κ3) is 3.52. The van der Waals surface area contributed by atoms with E-state index in [0.29, 0.717) is 15.7 Å². The van der Waals surface area contributed by atoms with E-state index in [1.54, 1.807) is 18.2 Å². The number of rotatable bonds is 3. The van der Waals surface area contributed by atoms with Gasteiger partial charge in [0.05, 0.1) is 16.2 Å². The monoisotopic (exact) mass is 374 g/mol. The molecule has 0 unspecified atom stereocenters. The van der Waals surface area contributed by atoms with Crippen LogP contribution in [0.5, 0.6) is 0 Å². The van der Waals surface area contributed by atoms with Crippen LogP contribution >= 0.6 is 23.2 Å². The van der Waals surface area contributed by atoms with Gasteiger partial charge in [-0.2, -0.15) is 0 Å². The van der Waals surface area contributed by atoms with Gasteiger partial charge in [-0.3, -0.25) is 4.79 Å². The highest BCUT2D eigenvalue weighted by Crippen LogP contribution is 2.33. The van der Waals surface area contributed by atoms with Crippen molar-refractivity contribution in [3.8, 4) is 5.69 Å². The summed E-state index contributed by atoms with van der Waals surface area (Å²) < 4.78 is 27.6. The molecule has 3 rings (SSSR count). The normalized spacial score (nSPS) is 17.7. The maximum absolute atomic E-state index is 13.2. The molecular weight excluding hydrogens is 361 g/mol. The number of aromatic nitrogens is 3. The number of halogens is 4. The van der Waals surface area contributed by atoms with Crippen LogP contribution in [-0.4, -0.2) is 32.9 Å². The zero-order chi connectivity index (χ0) is 17.3. The summed E-state index contributed by atoms with van der Waals surface area (Å²) in [6.45, 7) is 0. The van der Waals surface area contributed by atoms with Gasteiger partial charge < -0.3 is 5.32 Å². The number of amides is 1. The van der Waals surface area contributed by atoms with E-state index in [1.165, 1.54) is 10.9 Å². The van der Waals surface area contributed by atoms with Gasteiger partial charge in [0.1, 0.15) is 5.69 Å². The molecule has 1 heterocycles. The van der Waals surface area contributed by atoms with E-state index in [0.717, 1.165) is 0 Å². The van der Waals surface area contributed by atoms with Crippen LogP contribution in [0.2, 0.25) is 10.0 Å². The Morgan fingerprint density at radius 2 is 1.88 bits per heavy atom. The molecule has 1 fully saturated rings. The lowest BCUT2D eigenvalue weighted by Gasteiger charge is -2.28. The lowest BCUT2D eigenvalue weighted by molar-refractivity contribution is -0.0399. The smallest absolute Gasteiger partial charge is 0.271 e. The number of hydrogen-bond donors (Lipinski definition) is 1. The van der Waals surface area contributed by atoms with Gasteiger partial charge in [-0.15, -0.1) is 5.10 Å². The standard InChI is InChI=1S/C15H14Cl2F2N4O/c16-10-2-1-3-11(17)13(10)23-12(8-20-22-23)14(24)21-9-4-6-15(18,19)7-5-9/h1-3,8-9H,4-7H2,(H,21,24). The molecule has 1 saturated carbocycles. The summed E-state index contributed by atoms with van der Waals surface area (Å²) in [5.74, 6) is -3.10. The Hall–Kier alpha value is -1.73. The maximum atomic E-state index is 13.2. The van der Waals surface area contributed by atoms with Gasteiger partial charge in [-0.1, -0.05) is 34.5 Å². The molecule has 2 aromatic rings. The zero-order valence-electron chi connectivity index (χ0n) is 12.5. The Kier molecular flexibility index (Phi) is 4.73. The van der Waals surface area contributed by atoms with Crippen LogP contribution in [0.1, 0.15) is 36.2 Å². The highest BCUT2D eigenvalue weighted by atomic mass is 35.5. The van der Waals surface area contributed by atoms with E-state index < -0.39 is 11.8 Å². The summed E-state index contributed by atoms with van der Waals surface area (Å²) in [5, 5.41) is 11.0. The number of benzene rings is 1. The van der Waals surface area contributed by atoms with Crippen LogP contribution in [0.4, 0.5) is 8.78 Å². The van der Waals surface area contributed by atoms with Gasteiger partial charge in [-0.25, -0.2) is 13.5 Å². The molecule has 1 aromatic carbocycles. The third-order valence-electron chi connectivity index (χ3n) is 3.98. The fraction of sp³-hybridized carbons (Fsp3) is 0.400. The molecule has 24 heavy (non-hydrogen) atoms. The Morgan fingerprint density at radius 1 is 1.25 bits per heavy atom. The first-order chi connectivity index (χ1) is 11.4. The molecule has 0 spiro atoms. The fourth-order valence-electron chi connectivity index (χ4n) is 2.69. The fourth-order valence-corrected chi connectivity index (χ4v) is 3.25. The Morgan fingerprint density at radius 3 is 2.50 bits per heavy atom. The molecule has 0 bridgehead atoms. The van der Waals surface area contributed by atoms with Crippen LogP contribution in [0.25, 0.3) is 5.69 Å². The quantitative estimate of drug-likeness (QED) is 0.886. The van der Waals surface area contributed by atoms with Gasteiger partial charge in [0.15, 0.2) is 5.69 Å². The van der Waals surface area contributed by atoms with Crippen molar-refractivity contribution in [2.75, 3.05) is 0 Å². The minimum atomic E-state index is -2.64. The molecule has 1 aromatic heterocycles. The molecule has 5 nitrogen and oxygen atoms in total. The number of nitrogens with zero attached hydrogens (tertiary/aromatic N) is 3. The summed E-state index contributed by atoms with van der Waals surface area (Å²) in [5.41, 5.74) is 0.487. The van der Waals surface area contributed by atoms with Crippen LogP contribution in [0.3, 0.4) is 0 Å². The summed E-state index contributed by atoms with van der Waals surface area (Å²) >= 11 is 12.3. The predicted molar refractivity (Wildman–Crippen MR) is 86.0 cm³/mol. The van der Waals surface area contributed by atoms with Gasteiger partial charge in [-0.05, 0) is 25.0 Å². The molecule has 1 aliphatic carbocycles. The van der Waals surface area contributed by atoms with Crippen molar-refractivity contribution < 1.29 is 13.6 Å². The number of carbonyl (C=O) groups is 1. The average molecular weight is 375 g/mol. The molecule has 1 aliphatic rings. The first kappa shape index (κ1) is 17.1. The predicted octanol–water partition coefficient (Wildman–Crippen LogP) is 3.88. The van der Waals surface area contributed by atoms with Gasteiger partial charge in [0, 0.05) is 18.9 Å². The number of alkyl halides is 2. The first-order valence-corrected chi connectivity index (χ1v) is 8.17. The van der Waals surface area contributed by atoms with Crippen LogP contribution in [-0.2, 0) is 0 Å². The van der Waals surface area contributed by atoms with Gasteiger partial charge in [0.25, 0.3) is 5.91 Å². The molecule has 1 N–H and O–H groups in total. The summed E-state index contributed by atoms with van der Waals surface area (Å²) in [4.78, 5) is 12.5. The third-order valence-corrected chi connectivity index (χ3v) is 4.59. The van der Waals surface area contributed by atoms with Crippen molar-refractivity contribution in [1.82, 2.24) is 20.3 Å². The molecule has 0 aliphatic heterocycles. The second-order valence-electron chi connectivity index (χ2n) is 5.71. The van der Waals surface area contributed by atoms with E-state index in [2.05, 4.69) is 15.6 Å². The lowest BCUT2D eigenvalue weighted by Crippen LogP contribution is -2.40. The number of carbonyl (C=O) groups excluding carboxylic acids is 1. The molecular formula is C15H14Cl2F2N4O. The van der Waals surface area contributed by atoms with Crippen LogP contribution in [0, 0.1) is 0 Å². The second-order valence-corrected chi connectivity index (χ2v) is 6.52. The zero-order valence-corrected chi connectivity index (χ0v) is 14.0. The van der Waals surface area contributed by atoms with Crippen molar-refractivity contribution in [3.63, 3.8) is 0 Å². The van der Waals surface area contributed by atoms with E-state index in [4.69, 9.17) is 23.2 Å². The van der Waals surface area contributed by atoms with Crippen LogP contribution in [0.15, 0.2) is 24.4 Å². The minimum Gasteiger partial charge on any atom is -0.348 e. The largest absolute Gasteiger partial charge is 0.348 e. The topological polar surface area (TPSA) is 59.8 Å². The Balaban J connectivity index is 1.79. The molecule has 9 heteroatoms. The Labute approximate surface area is 146 Å². The molecule has 0 radical (unpaired) electrons. The van der Waals surface area contributed by atoms with E-state index in [9.17, 15) is 13.6 Å². The van der Waals surface area contributed by atoms with Crippen molar-refractivity contribution in [3.05, 3.63) is 40.1 Å². The van der Waals surface area contributed by atoms with Crippen molar-refractivity contribution in [2.24, 2.45) is 0 Å². The first-order valence-electron chi connectivity index (χ1n) is 7.41. The Bertz CT molecular complexity index is 735. The van der Waals surface area contributed by atoms with Crippen molar-refractivity contribution in [2.45, 2.75) is 37.6 Å². The number of hydrogen-bond acceptors (Lipinski definition) is 3. The molecule has 128 valence electrons. The number of nitrogens with one attached hydrogen (secondary N) is 1. The lowest BCUT2D eigenvalue weighted by atomic mass is 9.92. The summed E-state index contributed by atoms with van der Waals surface area (Å²) in [7, 11) is 0. The maximum Gasteiger partial charge on any atom is 0.271 e. The summed E-state index contributed by atoms with van der Waals surface area (Å²) in [6, 6.07) is 4.61. The highest BCUT2D eigenvalue weighted by molar-refractivity contribution is 6.37.